The van der Waals surface area contributed by atoms with Gasteiger partial charge < -0.3 is 4.84 Å². The third kappa shape index (κ3) is 4.55. The van der Waals surface area contributed by atoms with E-state index >= 15 is 0 Å². The smallest absolute Gasteiger partial charge is 0.330 e. The van der Waals surface area contributed by atoms with Crippen LogP contribution in [0.5, 0.6) is 0 Å². The van der Waals surface area contributed by atoms with E-state index in [1.54, 1.807) is 17.2 Å². The number of ketones is 1. The van der Waals surface area contributed by atoms with Crippen LogP contribution >= 0.6 is 11.6 Å². The quantitative estimate of drug-likeness (QED) is 0.781. The van der Waals surface area contributed by atoms with E-state index in [2.05, 4.69) is 0 Å². The summed E-state index contributed by atoms with van der Waals surface area (Å²) in [6.07, 6.45) is 1.63. The molecule has 0 bridgehead atoms. The van der Waals surface area contributed by atoms with Gasteiger partial charge in [-0.3, -0.25) is 4.79 Å². The highest BCUT2D eigenvalue weighted by atomic mass is 35.5. The maximum absolute atomic E-state index is 12.8. The molecule has 1 aromatic carbocycles. The Balaban J connectivity index is 2.07. The summed E-state index contributed by atoms with van der Waals surface area (Å²) < 4.78 is 0. The Labute approximate surface area is 142 Å². The van der Waals surface area contributed by atoms with Crippen molar-refractivity contribution in [1.29, 1.82) is 0 Å². The zero-order valence-corrected chi connectivity index (χ0v) is 14.9. The van der Waals surface area contributed by atoms with Gasteiger partial charge in [0.2, 0.25) is 0 Å². The predicted molar refractivity (Wildman–Crippen MR) is 90.4 cm³/mol. The number of rotatable bonds is 3. The third-order valence-electron chi connectivity index (χ3n) is 4.04. The normalized spacial score (nSPS) is 19.4. The van der Waals surface area contributed by atoms with Crippen LogP contribution in [0.1, 0.15) is 49.5 Å². The summed E-state index contributed by atoms with van der Waals surface area (Å²) in [4.78, 5) is 30.2. The van der Waals surface area contributed by atoms with Gasteiger partial charge in [-0.05, 0) is 58.2 Å². The van der Waals surface area contributed by atoms with Gasteiger partial charge in [-0.2, -0.15) is 0 Å². The molecule has 0 saturated carbocycles. The molecule has 0 aromatic heterocycles. The van der Waals surface area contributed by atoms with Crippen LogP contribution in [0.15, 0.2) is 18.2 Å². The molecule has 1 aliphatic heterocycles. The van der Waals surface area contributed by atoms with Crippen molar-refractivity contribution in [2.45, 2.75) is 40.5 Å². The molecule has 1 heterocycles. The molecule has 0 aliphatic carbocycles. The number of halogens is 1. The van der Waals surface area contributed by atoms with Gasteiger partial charge in [0.25, 0.3) is 0 Å². The van der Waals surface area contributed by atoms with Gasteiger partial charge in [0, 0.05) is 29.6 Å². The Morgan fingerprint density at radius 2 is 2.00 bits per heavy atom. The van der Waals surface area contributed by atoms with Crippen LogP contribution in [0, 0.1) is 18.3 Å². The third-order valence-corrected chi connectivity index (χ3v) is 4.28. The maximum atomic E-state index is 12.8. The number of benzene rings is 1. The average Bonchev–Trinajstić information content (AvgIpc) is 2.48. The highest BCUT2D eigenvalue weighted by molar-refractivity contribution is 6.31. The SMILES string of the molecule is Cc1ccc(Cl)cc1C(=O)[C@@H]1CCCN(OC(=O)C(C)(C)C)C1. The first-order chi connectivity index (χ1) is 10.7. The fourth-order valence-electron chi connectivity index (χ4n) is 2.57. The summed E-state index contributed by atoms with van der Waals surface area (Å²) in [5.41, 5.74) is 1.02. The molecule has 0 spiro atoms. The van der Waals surface area contributed by atoms with Crippen molar-refractivity contribution in [3.63, 3.8) is 0 Å². The molecule has 1 atom stereocenters. The second-order valence-corrected chi connectivity index (χ2v) is 7.62. The molecule has 1 fully saturated rings. The first-order valence-electron chi connectivity index (χ1n) is 7.96. The number of Topliss-reactive ketones (excluding diaryl/α,β-unsaturated/α-hetero) is 1. The fourth-order valence-corrected chi connectivity index (χ4v) is 2.75. The second kappa shape index (κ2) is 7.02. The van der Waals surface area contributed by atoms with Crippen molar-refractivity contribution in [2.24, 2.45) is 11.3 Å². The molecular weight excluding hydrogens is 314 g/mol. The molecule has 0 unspecified atom stereocenters. The Morgan fingerprint density at radius 3 is 2.65 bits per heavy atom. The van der Waals surface area contributed by atoms with Crippen molar-refractivity contribution in [1.82, 2.24) is 5.06 Å². The maximum Gasteiger partial charge on any atom is 0.330 e. The van der Waals surface area contributed by atoms with Gasteiger partial charge in [-0.25, -0.2) is 4.79 Å². The lowest BCUT2D eigenvalue weighted by Gasteiger charge is -2.32. The largest absolute Gasteiger partial charge is 0.367 e. The van der Waals surface area contributed by atoms with E-state index in [1.807, 2.05) is 33.8 Å². The van der Waals surface area contributed by atoms with E-state index in [9.17, 15) is 9.59 Å². The Morgan fingerprint density at radius 1 is 1.30 bits per heavy atom. The molecule has 126 valence electrons. The van der Waals surface area contributed by atoms with Crippen LogP contribution in [0.4, 0.5) is 0 Å². The number of hydroxylamine groups is 2. The first kappa shape index (κ1) is 18.0. The summed E-state index contributed by atoms with van der Waals surface area (Å²) in [5.74, 6) is -0.375. The minimum Gasteiger partial charge on any atom is -0.367 e. The topological polar surface area (TPSA) is 46.6 Å². The van der Waals surface area contributed by atoms with Crippen LogP contribution in [0.25, 0.3) is 0 Å². The lowest BCUT2D eigenvalue weighted by Crippen LogP contribution is -2.42. The van der Waals surface area contributed by atoms with Crippen molar-refractivity contribution in [2.75, 3.05) is 13.1 Å². The Hall–Kier alpha value is -1.39. The molecule has 0 N–H and O–H groups in total. The molecular formula is C18H24ClNO3. The molecule has 4 nitrogen and oxygen atoms in total. The molecule has 23 heavy (non-hydrogen) atoms. The number of aryl methyl sites for hydroxylation is 1. The van der Waals surface area contributed by atoms with E-state index in [-0.39, 0.29) is 17.7 Å². The predicted octanol–water partition coefficient (Wildman–Crippen LogP) is 4.05. The summed E-state index contributed by atoms with van der Waals surface area (Å²) in [5, 5.41) is 2.19. The number of hydrogen-bond acceptors (Lipinski definition) is 4. The van der Waals surface area contributed by atoms with Crippen molar-refractivity contribution >= 4 is 23.4 Å². The molecule has 1 aliphatic rings. The van der Waals surface area contributed by atoms with Gasteiger partial charge in [0.05, 0.1) is 5.41 Å². The van der Waals surface area contributed by atoms with E-state index in [1.165, 1.54) is 0 Å². The summed E-state index contributed by atoms with van der Waals surface area (Å²) in [6.45, 7) is 8.46. The van der Waals surface area contributed by atoms with E-state index in [0.29, 0.717) is 23.7 Å². The molecule has 1 saturated heterocycles. The summed E-state index contributed by atoms with van der Waals surface area (Å²) in [6, 6.07) is 5.36. The number of carbonyl (C=O) groups is 2. The zero-order chi connectivity index (χ0) is 17.2. The van der Waals surface area contributed by atoms with Gasteiger partial charge in [0.1, 0.15) is 0 Å². The van der Waals surface area contributed by atoms with Crippen molar-refractivity contribution in [3.05, 3.63) is 34.3 Å². The van der Waals surface area contributed by atoms with Crippen molar-refractivity contribution in [3.8, 4) is 0 Å². The van der Waals surface area contributed by atoms with Crippen LogP contribution < -0.4 is 0 Å². The van der Waals surface area contributed by atoms with Crippen LogP contribution in [-0.2, 0) is 9.63 Å². The standard InChI is InChI=1S/C18H24ClNO3/c1-12-7-8-14(19)10-15(12)16(21)13-6-5-9-20(11-13)23-17(22)18(2,3)4/h7-8,10,13H,5-6,9,11H2,1-4H3/t13-/m1/s1. The number of piperidine rings is 1. The van der Waals surface area contributed by atoms with Gasteiger partial charge >= 0.3 is 5.97 Å². The van der Waals surface area contributed by atoms with Gasteiger partial charge in [-0.1, -0.05) is 17.7 Å². The van der Waals surface area contributed by atoms with Crippen molar-refractivity contribution < 1.29 is 14.4 Å². The number of hydrogen-bond donors (Lipinski definition) is 0. The minimum atomic E-state index is -0.555. The Bertz CT molecular complexity index is 607. The van der Waals surface area contributed by atoms with Crippen LogP contribution in [0.2, 0.25) is 5.02 Å². The van der Waals surface area contributed by atoms with E-state index < -0.39 is 5.41 Å². The molecule has 5 heteroatoms. The number of nitrogens with zero attached hydrogens (tertiary/aromatic N) is 1. The molecule has 1 aromatic rings. The monoisotopic (exact) mass is 337 g/mol. The van der Waals surface area contributed by atoms with E-state index in [4.69, 9.17) is 16.4 Å². The highest BCUT2D eigenvalue weighted by Gasteiger charge is 2.32. The van der Waals surface area contributed by atoms with E-state index in [0.717, 1.165) is 18.4 Å². The first-order valence-corrected chi connectivity index (χ1v) is 8.34. The molecule has 2 rings (SSSR count). The Kier molecular flexibility index (Phi) is 5.48. The van der Waals surface area contributed by atoms with Crippen LogP contribution in [-0.4, -0.2) is 29.9 Å². The lowest BCUT2D eigenvalue weighted by atomic mass is 9.89. The molecule has 0 amide bonds. The summed E-state index contributed by atoms with van der Waals surface area (Å²) >= 11 is 6.02. The lowest BCUT2D eigenvalue weighted by molar-refractivity contribution is -0.206. The average molecular weight is 338 g/mol. The minimum absolute atomic E-state index is 0.0708. The van der Waals surface area contributed by atoms with Crippen LogP contribution in [0.3, 0.4) is 0 Å². The number of carbonyl (C=O) groups excluding carboxylic acids is 2. The molecule has 0 radical (unpaired) electrons. The fraction of sp³-hybridized carbons (Fsp3) is 0.556. The zero-order valence-electron chi connectivity index (χ0n) is 14.2. The van der Waals surface area contributed by atoms with Gasteiger partial charge in [-0.15, -0.1) is 5.06 Å². The highest BCUT2D eigenvalue weighted by Crippen LogP contribution is 2.26. The summed E-state index contributed by atoms with van der Waals surface area (Å²) in [7, 11) is 0. The van der Waals surface area contributed by atoms with Gasteiger partial charge in [0.15, 0.2) is 5.78 Å². The second-order valence-electron chi connectivity index (χ2n) is 7.18.